The lowest BCUT2D eigenvalue weighted by Gasteiger charge is -2.43. The first-order valence-corrected chi connectivity index (χ1v) is 11.1. The first-order chi connectivity index (χ1) is 13.5. The highest BCUT2D eigenvalue weighted by atomic mass is 16.5. The molecule has 4 rings (SSSR count). The third-order valence-electron chi connectivity index (χ3n) is 7.35. The van der Waals surface area contributed by atoms with E-state index in [0.29, 0.717) is 35.9 Å². The van der Waals surface area contributed by atoms with Gasteiger partial charge in [-0.3, -0.25) is 9.59 Å². The van der Waals surface area contributed by atoms with Crippen LogP contribution in [0.3, 0.4) is 0 Å². The third kappa shape index (κ3) is 3.96. The Morgan fingerprint density at radius 1 is 1.11 bits per heavy atom. The lowest BCUT2D eigenvalue weighted by molar-refractivity contribution is -0.119. The van der Waals surface area contributed by atoms with E-state index >= 15 is 0 Å². The molecule has 2 heterocycles. The Morgan fingerprint density at radius 2 is 1.89 bits per heavy atom. The number of hydrogen-bond donors (Lipinski definition) is 1. The van der Waals surface area contributed by atoms with E-state index in [0.717, 1.165) is 62.9 Å². The van der Waals surface area contributed by atoms with Crippen molar-refractivity contribution in [1.29, 1.82) is 0 Å². The summed E-state index contributed by atoms with van der Waals surface area (Å²) < 4.78 is 5.48. The van der Waals surface area contributed by atoms with E-state index < -0.39 is 0 Å². The van der Waals surface area contributed by atoms with Crippen molar-refractivity contribution in [2.45, 2.75) is 77.0 Å². The molecule has 0 bridgehead atoms. The minimum atomic E-state index is -0.186. The van der Waals surface area contributed by atoms with Crippen molar-refractivity contribution in [3.8, 4) is 0 Å². The van der Waals surface area contributed by atoms with Crippen LogP contribution in [-0.4, -0.2) is 35.0 Å². The first kappa shape index (κ1) is 19.5. The molecule has 3 atom stereocenters. The molecule has 1 aromatic rings. The van der Waals surface area contributed by atoms with Crippen LogP contribution in [-0.2, 0) is 4.79 Å². The Balaban J connectivity index is 1.43. The van der Waals surface area contributed by atoms with Crippen LogP contribution in [0.5, 0.6) is 0 Å². The van der Waals surface area contributed by atoms with E-state index in [2.05, 4.69) is 5.16 Å². The summed E-state index contributed by atoms with van der Waals surface area (Å²) in [5, 5.41) is 4.31. The molecule has 3 fully saturated rings. The average Bonchev–Trinajstić information content (AvgIpc) is 3.08. The summed E-state index contributed by atoms with van der Waals surface area (Å²) in [4.78, 5) is 26.7. The number of nitrogens with zero attached hydrogens (tertiary/aromatic N) is 2. The normalized spacial score (nSPS) is 28.8. The number of piperidine rings is 1. The molecular formula is C22H33N3O3. The summed E-state index contributed by atoms with van der Waals surface area (Å²) in [5.41, 5.74) is 7.02. The van der Waals surface area contributed by atoms with Gasteiger partial charge in [0.25, 0.3) is 5.91 Å². The van der Waals surface area contributed by atoms with Gasteiger partial charge in [-0.25, -0.2) is 0 Å². The monoisotopic (exact) mass is 387 g/mol. The van der Waals surface area contributed by atoms with E-state index in [1.165, 1.54) is 19.3 Å². The second kappa shape index (κ2) is 8.26. The van der Waals surface area contributed by atoms with Crippen LogP contribution in [0, 0.1) is 24.7 Å². The van der Waals surface area contributed by atoms with Gasteiger partial charge in [0, 0.05) is 25.4 Å². The van der Waals surface area contributed by atoms with E-state index in [9.17, 15) is 9.59 Å². The molecule has 2 amide bonds. The van der Waals surface area contributed by atoms with Crippen LogP contribution in [0.25, 0.3) is 0 Å². The Morgan fingerprint density at radius 3 is 2.64 bits per heavy atom. The number of aromatic nitrogens is 1. The predicted octanol–water partition coefficient (Wildman–Crippen LogP) is 3.78. The van der Waals surface area contributed by atoms with Crippen molar-refractivity contribution in [3.63, 3.8) is 0 Å². The molecule has 6 heteroatoms. The molecule has 2 saturated carbocycles. The smallest absolute Gasteiger partial charge is 0.259 e. The van der Waals surface area contributed by atoms with E-state index in [-0.39, 0.29) is 11.8 Å². The molecule has 0 radical (unpaired) electrons. The average molecular weight is 388 g/mol. The molecule has 1 saturated heterocycles. The minimum Gasteiger partial charge on any atom is -0.370 e. The lowest BCUT2D eigenvalue weighted by Crippen LogP contribution is -2.46. The summed E-state index contributed by atoms with van der Waals surface area (Å²) in [6, 6.07) is 0. The van der Waals surface area contributed by atoms with Gasteiger partial charge >= 0.3 is 0 Å². The zero-order valence-electron chi connectivity index (χ0n) is 17.0. The fourth-order valence-corrected chi connectivity index (χ4v) is 5.83. The molecule has 1 aliphatic heterocycles. The Kier molecular flexibility index (Phi) is 5.74. The van der Waals surface area contributed by atoms with E-state index in [4.69, 9.17) is 10.3 Å². The maximum absolute atomic E-state index is 13.4. The molecule has 154 valence electrons. The Labute approximate surface area is 167 Å². The second-order valence-electron chi connectivity index (χ2n) is 9.24. The maximum atomic E-state index is 13.4. The molecule has 0 aromatic carbocycles. The van der Waals surface area contributed by atoms with Gasteiger partial charge in [-0.15, -0.1) is 0 Å². The highest BCUT2D eigenvalue weighted by Crippen LogP contribution is 2.41. The summed E-state index contributed by atoms with van der Waals surface area (Å²) >= 11 is 0. The van der Waals surface area contributed by atoms with Crippen LogP contribution in [0.1, 0.15) is 91.9 Å². The van der Waals surface area contributed by atoms with Crippen LogP contribution in [0.15, 0.2) is 4.52 Å². The van der Waals surface area contributed by atoms with Crippen LogP contribution in [0.2, 0.25) is 0 Å². The quantitative estimate of drug-likeness (QED) is 0.851. The number of primary amides is 1. The van der Waals surface area contributed by atoms with Gasteiger partial charge in [0.15, 0.2) is 0 Å². The highest BCUT2D eigenvalue weighted by molar-refractivity contribution is 5.96. The number of nitrogens with two attached hydrogens (primary N) is 1. The molecule has 3 unspecified atom stereocenters. The summed E-state index contributed by atoms with van der Waals surface area (Å²) in [5.74, 6) is 2.54. The van der Waals surface area contributed by atoms with Crippen LogP contribution < -0.4 is 5.73 Å². The van der Waals surface area contributed by atoms with Gasteiger partial charge in [-0.1, -0.05) is 24.4 Å². The van der Waals surface area contributed by atoms with Crippen molar-refractivity contribution < 1.29 is 14.1 Å². The van der Waals surface area contributed by atoms with Gasteiger partial charge in [-0.05, 0) is 63.2 Å². The SMILES string of the molecule is Cc1onc(C2CCCCC2)c1C(=O)N1CCC2CC(CC(N)=O)CCC2C1. The lowest BCUT2D eigenvalue weighted by atomic mass is 9.70. The summed E-state index contributed by atoms with van der Waals surface area (Å²) in [6.45, 7) is 3.48. The third-order valence-corrected chi connectivity index (χ3v) is 7.35. The number of carbonyl (C=O) groups is 2. The van der Waals surface area contributed by atoms with Gasteiger partial charge in [-0.2, -0.15) is 0 Å². The predicted molar refractivity (Wildman–Crippen MR) is 106 cm³/mol. The van der Waals surface area contributed by atoms with Crippen molar-refractivity contribution >= 4 is 11.8 Å². The van der Waals surface area contributed by atoms with Crippen LogP contribution >= 0.6 is 0 Å². The van der Waals surface area contributed by atoms with Crippen molar-refractivity contribution in [1.82, 2.24) is 10.1 Å². The molecule has 2 N–H and O–H groups in total. The first-order valence-electron chi connectivity index (χ1n) is 11.1. The largest absolute Gasteiger partial charge is 0.370 e. The second-order valence-corrected chi connectivity index (χ2v) is 9.24. The molecule has 0 spiro atoms. The number of likely N-dealkylation sites (tertiary alicyclic amines) is 1. The summed E-state index contributed by atoms with van der Waals surface area (Å²) in [6.07, 6.45) is 10.7. The molecule has 3 aliphatic rings. The summed E-state index contributed by atoms with van der Waals surface area (Å²) in [7, 11) is 0. The van der Waals surface area contributed by atoms with Gasteiger partial charge in [0.1, 0.15) is 11.3 Å². The Hall–Kier alpha value is -1.85. The molecule has 6 nitrogen and oxygen atoms in total. The number of aryl methyl sites for hydroxylation is 1. The van der Waals surface area contributed by atoms with E-state index in [1.807, 2.05) is 11.8 Å². The van der Waals surface area contributed by atoms with Gasteiger partial charge in [0.05, 0.1) is 5.69 Å². The van der Waals surface area contributed by atoms with Gasteiger partial charge in [0.2, 0.25) is 5.91 Å². The number of hydrogen-bond acceptors (Lipinski definition) is 4. The van der Waals surface area contributed by atoms with Crippen molar-refractivity contribution in [2.75, 3.05) is 13.1 Å². The maximum Gasteiger partial charge on any atom is 0.259 e. The minimum absolute atomic E-state index is 0.108. The molecule has 2 aliphatic carbocycles. The number of amides is 2. The molecule has 28 heavy (non-hydrogen) atoms. The standard InChI is InChI=1S/C22H33N3O3/c1-14-20(21(24-28-14)16-5-3-2-4-6-16)22(27)25-10-9-17-11-15(12-19(23)26)7-8-18(17)13-25/h15-18H,2-13H2,1H3,(H2,23,26). The van der Waals surface area contributed by atoms with Crippen LogP contribution in [0.4, 0.5) is 0 Å². The zero-order valence-corrected chi connectivity index (χ0v) is 17.0. The van der Waals surface area contributed by atoms with Crippen molar-refractivity contribution in [2.24, 2.45) is 23.5 Å². The number of carbonyl (C=O) groups excluding carboxylic acids is 2. The molecule has 1 aromatic heterocycles. The zero-order chi connectivity index (χ0) is 19.7. The Bertz CT molecular complexity index is 723. The van der Waals surface area contributed by atoms with Crippen molar-refractivity contribution in [3.05, 3.63) is 17.0 Å². The fourth-order valence-electron chi connectivity index (χ4n) is 5.83. The molecular weight excluding hydrogens is 354 g/mol. The van der Waals surface area contributed by atoms with E-state index in [1.54, 1.807) is 0 Å². The highest BCUT2D eigenvalue weighted by Gasteiger charge is 2.38. The fraction of sp³-hybridized carbons (Fsp3) is 0.773. The number of fused-ring (bicyclic) bond motifs is 1. The number of rotatable bonds is 4. The topological polar surface area (TPSA) is 89.4 Å². The van der Waals surface area contributed by atoms with Gasteiger partial charge < -0.3 is 15.2 Å².